The molecule has 1 fully saturated rings. The Morgan fingerprint density at radius 1 is 1.21 bits per heavy atom. The van der Waals surface area contributed by atoms with Crippen LogP contribution in [0.25, 0.3) is 0 Å². The maximum atomic E-state index is 13.8. The van der Waals surface area contributed by atoms with Gasteiger partial charge in [0.25, 0.3) is 0 Å². The van der Waals surface area contributed by atoms with Crippen molar-refractivity contribution in [3.8, 4) is 0 Å². The number of likely N-dealkylation sites (tertiary alicyclic amines) is 1. The van der Waals surface area contributed by atoms with Gasteiger partial charge in [-0.2, -0.15) is 4.72 Å². The minimum absolute atomic E-state index is 0.0634. The van der Waals surface area contributed by atoms with E-state index in [4.69, 9.17) is 11.1 Å². The van der Waals surface area contributed by atoms with Crippen molar-refractivity contribution in [2.75, 3.05) is 33.2 Å². The molecule has 5 N–H and O–H groups in total. The molecule has 0 aromatic heterocycles. The number of sulfonamides is 1. The third kappa shape index (κ3) is 6.36. The van der Waals surface area contributed by atoms with Gasteiger partial charge >= 0.3 is 5.97 Å². The van der Waals surface area contributed by atoms with Crippen LogP contribution in [0.1, 0.15) is 43.7 Å². The van der Waals surface area contributed by atoms with Gasteiger partial charge in [-0.25, -0.2) is 13.2 Å². The van der Waals surface area contributed by atoms with E-state index in [-0.39, 0.29) is 29.7 Å². The van der Waals surface area contributed by atoms with Crippen molar-refractivity contribution in [1.82, 2.24) is 19.4 Å². The first-order valence-electron chi connectivity index (χ1n) is 13.1. The van der Waals surface area contributed by atoms with Crippen molar-refractivity contribution >= 4 is 27.9 Å². The number of piperidine rings is 1. The van der Waals surface area contributed by atoms with Crippen molar-refractivity contribution < 1.29 is 23.1 Å². The number of aliphatic carboxylic acids is 1. The number of guanidine groups is 1. The van der Waals surface area contributed by atoms with E-state index < -0.39 is 34.0 Å². The van der Waals surface area contributed by atoms with Gasteiger partial charge in [0.15, 0.2) is 5.96 Å². The first kappa shape index (κ1) is 28.1. The SMILES string of the molecule is C[C@@H]1CCN(C(=O)[C@H](CC2=CCCN(C(=N)N)C2)NS(=O)(=O)c2ccc3c(c2)CN(C)CC3)[C@H](C(=O)O)C1. The first-order chi connectivity index (χ1) is 17.9. The highest BCUT2D eigenvalue weighted by atomic mass is 32.2. The van der Waals surface area contributed by atoms with Gasteiger partial charge in [0.2, 0.25) is 15.9 Å². The van der Waals surface area contributed by atoms with Crippen molar-refractivity contribution in [3.63, 3.8) is 0 Å². The number of nitrogens with zero attached hydrogens (tertiary/aromatic N) is 3. The molecule has 3 aliphatic rings. The lowest BCUT2D eigenvalue weighted by Crippen LogP contribution is -2.56. The molecule has 0 aliphatic carbocycles. The van der Waals surface area contributed by atoms with Crippen LogP contribution < -0.4 is 10.5 Å². The summed E-state index contributed by atoms with van der Waals surface area (Å²) in [5.74, 6) is -1.58. The molecule has 12 heteroatoms. The number of hydrogen-bond donors (Lipinski definition) is 4. The number of carbonyl (C=O) groups excluding carboxylic acids is 1. The molecule has 38 heavy (non-hydrogen) atoms. The Labute approximate surface area is 224 Å². The number of hydrogen-bond acceptors (Lipinski definition) is 6. The van der Waals surface area contributed by atoms with E-state index in [9.17, 15) is 23.1 Å². The van der Waals surface area contributed by atoms with E-state index in [1.165, 1.54) is 4.90 Å². The molecule has 11 nitrogen and oxygen atoms in total. The normalized spacial score (nSPS) is 23.4. The summed E-state index contributed by atoms with van der Waals surface area (Å²) in [6.07, 6.45) is 4.42. The molecular formula is C26H38N6O5S. The number of carboxylic acid groups (broad SMARTS) is 1. The zero-order valence-electron chi connectivity index (χ0n) is 22.0. The number of amides is 1. The Bertz CT molecular complexity index is 1230. The second-order valence-corrected chi connectivity index (χ2v) is 12.5. The summed E-state index contributed by atoms with van der Waals surface area (Å²) < 4.78 is 29.8. The van der Waals surface area contributed by atoms with E-state index in [0.29, 0.717) is 38.9 Å². The van der Waals surface area contributed by atoms with Crippen LogP contribution in [0.15, 0.2) is 34.7 Å². The molecule has 0 unspecified atom stereocenters. The molecule has 3 heterocycles. The topological polar surface area (TPSA) is 160 Å². The molecule has 3 atom stereocenters. The number of nitrogens with one attached hydrogen (secondary N) is 2. The smallest absolute Gasteiger partial charge is 0.326 e. The molecule has 3 aliphatic heterocycles. The van der Waals surface area contributed by atoms with Crippen LogP contribution in [0.2, 0.25) is 0 Å². The Balaban J connectivity index is 1.63. The number of rotatable bonds is 7. The lowest BCUT2D eigenvalue weighted by molar-refractivity contribution is -0.153. The molecule has 0 saturated carbocycles. The fourth-order valence-electron chi connectivity index (χ4n) is 5.54. The summed E-state index contributed by atoms with van der Waals surface area (Å²) in [6, 6.07) is 2.86. The summed E-state index contributed by atoms with van der Waals surface area (Å²) in [5, 5.41) is 17.6. The summed E-state index contributed by atoms with van der Waals surface area (Å²) >= 11 is 0. The molecule has 0 bridgehead atoms. The van der Waals surface area contributed by atoms with Crippen molar-refractivity contribution in [3.05, 3.63) is 41.0 Å². The van der Waals surface area contributed by atoms with Gasteiger partial charge in [0.05, 0.1) is 4.90 Å². The van der Waals surface area contributed by atoms with Crippen molar-refractivity contribution in [1.29, 1.82) is 5.41 Å². The molecule has 208 valence electrons. The van der Waals surface area contributed by atoms with Crippen molar-refractivity contribution in [2.24, 2.45) is 11.7 Å². The molecular weight excluding hydrogens is 508 g/mol. The Kier molecular flexibility index (Phi) is 8.43. The summed E-state index contributed by atoms with van der Waals surface area (Å²) in [7, 11) is -2.11. The molecule has 4 rings (SSSR count). The van der Waals surface area contributed by atoms with Crippen LogP contribution in [-0.2, 0) is 32.6 Å². The second kappa shape index (κ2) is 11.4. The number of carboxylic acids is 1. The van der Waals surface area contributed by atoms with Gasteiger partial charge in [0.1, 0.15) is 12.1 Å². The average molecular weight is 547 g/mol. The quantitative estimate of drug-likeness (QED) is 0.223. The number of carbonyl (C=O) groups is 2. The second-order valence-electron chi connectivity index (χ2n) is 10.8. The van der Waals surface area contributed by atoms with E-state index in [1.807, 2.05) is 26.1 Å². The molecule has 1 aromatic carbocycles. The zero-order valence-corrected chi connectivity index (χ0v) is 22.8. The van der Waals surface area contributed by atoms with E-state index in [2.05, 4.69) is 9.62 Å². The summed E-state index contributed by atoms with van der Waals surface area (Å²) in [4.78, 5) is 31.0. The standard InChI is InChI=1S/C26H38N6O5S/c1-17-7-11-32(23(12-17)25(34)35)24(33)22(13-18-4-3-9-31(15-18)26(27)28)29-38(36,37)21-6-5-19-8-10-30(2)16-20(19)14-21/h4-6,14,17,22-23,29H,3,7-13,15-16H2,1-2H3,(H3,27,28)(H,34,35)/t17-,22+,23+/m1/s1. The van der Waals surface area contributed by atoms with Gasteiger partial charge in [-0.05, 0) is 68.3 Å². The third-order valence-corrected chi connectivity index (χ3v) is 9.22. The molecule has 0 spiro atoms. The molecule has 1 amide bonds. The van der Waals surface area contributed by atoms with E-state index in [1.54, 1.807) is 17.0 Å². The minimum Gasteiger partial charge on any atom is -0.480 e. The lowest BCUT2D eigenvalue weighted by atomic mass is 9.91. The highest BCUT2D eigenvalue weighted by Crippen LogP contribution is 2.27. The fourth-order valence-corrected chi connectivity index (χ4v) is 6.78. The van der Waals surface area contributed by atoms with Crippen LogP contribution in [-0.4, -0.2) is 91.4 Å². The number of nitrogens with two attached hydrogens (primary N) is 1. The number of benzene rings is 1. The van der Waals surface area contributed by atoms with Gasteiger partial charge in [-0.1, -0.05) is 24.6 Å². The Morgan fingerprint density at radius 2 is 1.97 bits per heavy atom. The zero-order chi connectivity index (χ0) is 27.6. The Morgan fingerprint density at radius 3 is 2.68 bits per heavy atom. The largest absolute Gasteiger partial charge is 0.480 e. The van der Waals surface area contributed by atoms with Crippen LogP contribution in [0.5, 0.6) is 0 Å². The highest BCUT2D eigenvalue weighted by Gasteiger charge is 2.39. The molecule has 1 saturated heterocycles. The van der Waals surface area contributed by atoms with E-state index >= 15 is 0 Å². The van der Waals surface area contributed by atoms with Crippen molar-refractivity contribution in [2.45, 2.75) is 62.6 Å². The van der Waals surface area contributed by atoms with Crippen LogP contribution in [0, 0.1) is 11.3 Å². The maximum absolute atomic E-state index is 13.8. The van der Waals surface area contributed by atoms with Gasteiger partial charge in [0, 0.05) is 32.7 Å². The van der Waals surface area contributed by atoms with Gasteiger partial charge in [-0.3, -0.25) is 10.2 Å². The predicted octanol–water partition coefficient (Wildman–Crippen LogP) is 0.949. The molecule has 1 aromatic rings. The minimum atomic E-state index is -4.09. The number of fused-ring (bicyclic) bond motifs is 1. The van der Waals surface area contributed by atoms with Crippen LogP contribution in [0.3, 0.4) is 0 Å². The van der Waals surface area contributed by atoms with Gasteiger partial charge < -0.3 is 25.5 Å². The third-order valence-electron chi connectivity index (χ3n) is 7.75. The number of likely N-dealkylation sites (N-methyl/N-ethyl adjacent to an activating group) is 1. The molecule has 0 radical (unpaired) electrons. The van der Waals surface area contributed by atoms with E-state index in [0.717, 1.165) is 29.7 Å². The lowest BCUT2D eigenvalue weighted by Gasteiger charge is -2.38. The Hall–Kier alpha value is -2.96. The van der Waals surface area contributed by atoms with Crippen LogP contribution >= 0.6 is 0 Å². The van der Waals surface area contributed by atoms with Crippen LogP contribution in [0.4, 0.5) is 0 Å². The average Bonchev–Trinajstić information content (AvgIpc) is 2.87. The van der Waals surface area contributed by atoms with Gasteiger partial charge in [-0.15, -0.1) is 0 Å². The highest BCUT2D eigenvalue weighted by molar-refractivity contribution is 7.89. The monoisotopic (exact) mass is 546 g/mol. The summed E-state index contributed by atoms with van der Waals surface area (Å²) in [6.45, 7) is 4.62. The fraction of sp³-hybridized carbons (Fsp3) is 0.577. The first-order valence-corrected chi connectivity index (χ1v) is 14.6. The predicted molar refractivity (Wildman–Crippen MR) is 143 cm³/mol. The maximum Gasteiger partial charge on any atom is 0.326 e. The summed E-state index contributed by atoms with van der Waals surface area (Å²) in [5.41, 5.74) is 8.49.